The highest BCUT2D eigenvalue weighted by Gasteiger charge is 2.58. The summed E-state index contributed by atoms with van der Waals surface area (Å²) in [5, 5.41) is 4.35. The highest BCUT2D eigenvalue weighted by molar-refractivity contribution is 5.98. The summed E-state index contributed by atoms with van der Waals surface area (Å²) in [6.45, 7) is 5.75. The fraction of sp³-hybridized carbons (Fsp3) is 0.524. The molecule has 3 heterocycles. The lowest BCUT2D eigenvalue weighted by atomic mass is 10.00. The number of rotatable bonds is 4. The second-order valence-electron chi connectivity index (χ2n) is 8.15. The zero-order valence-corrected chi connectivity index (χ0v) is 17.1. The van der Waals surface area contributed by atoms with Crippen molar-refractivity contribution >= 4 is 11.6 Å². The molecule has 162 valence electrons. The Morgan fingerprint density at radius 1 is 1.17 bits per heavy atom. The van der Waals surface area contributed by atoms with Crippen LogP contribution in [0.15, 0.2) is 42.6 Å². The van der Waals surface area contributed by atoms with E-state index in [1.165, 1.54) is 0 Å². The molecule has 1 atom stereocenters. The second kappa shape index (κ2) is 8.05. The molecule has 7 nitrogen and oxygen atoms in total. The lowest BCUT2D eigenvalue weighted by Gasteiger charge is -2.45. The molecule has 2 aliphatic heterocycles. The van der Waals surface area contributed by atoms with Gasteiger partial charge in [0.25, 0.3) is 0 Å². The molecule has 9 heteroatoms. The molecule has 30 heavy (non-hydrogen) atoms. The molecular weight excluding hydrogens is 394 g/mol. The second-order valence-corrected chi connectivity index (χ2v) is 8.15. The molecule has 2 aromatic rings. The van der Waals surface area contributed by atoms with Crippen LogP contribution in [0, 0.1) is 0 Å². The first-order chi connectivity index (χ1) is 14.3. The molecule has 1 aromatic heterocycles. The Morgan fingerprint density at radius 3 is 2.67 bits per heavy atom. The summed E-state index contributed by atoms with van der Waals surface area (Å²) in [4.78, 5) is 15.5. The van der Waals surface area contributed by atoms with Crippen LogP contribution in [0.1, 0.15) is 25.6 Å². The SMILES string of the molecule is CC(C)n1nccc1CN1CCOCC2(C1)CN(c1ccccc1)C(=O)C(F)(F)O2. The maximum absolute atomic E-state index is 14.7. The van der Waals surface area contributed by atoms with Gasteiger partial charge in [-0.15, -0.1) is 0 Å². The number of alkyl halides is 2. The largest absolute Gasteiger partial charge is 0.437 e. The Labute approximate surface area is 174 Å². The maximum atomic E-state index is 14.7. The Hall–Kier alpha value is -2.36. The molecule has 0 aliphatic carbocycles. The van der Waals surface area contributed by atoms with Crippen molar-refractivity contribution in [2.24, 2.45) is 0 Å². The highest BCUT2D eigenvalue weighted by atomic mass is 19.3. The van der Waals surface area contributed by atoms with E-state index in [0.717, 1.165) is 10.6 Å². The predicted molar refractivity (Wildman–Crippen MR) is 106 cm³/mol. The van der Waals surface area contributed by atoms with Gasteiger partial charge < -0.3 is 14.4 Å². The van der Waals surface area contributed by atoms with Gasteiger partial charge in [-0.05, 0) is 32.0 Å². The summed E-state index contributed by atoms with van der Waals surface area (Å²) in [5.74, 6) is -1.35. The van der Waals surface area contributed by atoms with Crippen LogP contribution in [0.2, 0.25) is 0 Å². The Bertz CT molecular complexity index is 889. The van der Waals surface area contributed by atoms with Crippen LogP contribution in [-0.4, -0.2) is 65.1 Å². The van der Waals surface area contributed by atoms with Crippen LogP contribution < -0.4 is 4.90 Å². The summed E-state index contributed by atoms with van der Waals surface area (Å²) >= 11 is 0. The molecule has 0 saturated carbocycles. The minimum atomic E-state index is -3.92. The minimum Gasteiger partial charge on any atom is -0.377 e. The van der Waals surface area contributed by atoms with Gasteiger partial charge in [-0.3, -0.25) is 14.4 Å². The Balaban J connectivity index is 1.61. The summed E-state index contributed by atoms with van der Waals surface area (Å²) in [6, 6.07) is 10.6. The molecule has 0 radical (unpaired) electrons. The van der Waals surface area contributed by atoms with Gasteiger partial charge in [-0.2, -0.15) is 13.9 Å². The molecule has 0 N–H and O–H groups in total. The van der Waals surface area contributed by atoms with Crippen molar-refractivity contribution in [3.63, 3.8) is 0 Å². The number of aromatic nitrogens is 2. The van der Waals surface area contributed by atoms with Crippen molar-refractivity contribution in [2.75, 3.05) is 37.7 Å². The third-order valence-corrected chi connectivity index (χ3v) is 5.41. The summed E-state index contributed by atoms with van der Waals surface area (Å²) < 4.78 is 42.1. The molecule has 4 rings (SSSR count). The van der Waals surface area contributed by atoms with Crippen molar-refractivity contribution in [3.05, 3.63) is 48.3 Å². The van der Waals surface area contributed by atoms with Gasteiger partial charge in [0.15, 0.2) is 0 Å². The Kier molecular flexibility index (Phi) is 5.61. The molecule has 2 fully saturated rings. The first-order valence-electron chi connectivity index (χ1n) is 10.1. The smallest absolute Gasteiger partial charge is 0.377 e. The van der Waals surface area contributed by atoms with Gasteiger partial charge in [0.05, 0.1) is 25.5 Å². The fourth-order valence-electron chi connectivity index (χ4n) is 4.12. The average Bonchev–Trinajstić information content (AvgIpc) is 3.08. The van der Waals surface area contributed by atoms with E-state index in [1.807, 2.05) is 29.5 Å². The van der Waals surface area contributed by atoms with Gasteiger partial charge in [-0.25, -0.2) is 0 Å². The number of para-hydroxylation sites is 1. The van der Waals surface area contributed by atoms with Crippen LogP contribution in [0.4, 0.5) is 14.5 Å². The third kappa shape index (κ3) is 4.10. The zero-order valence-electron chi connectivity index (χ0n) is 17.1. The summed E-state index contributed by atoms with van der Waals surface area (Å²) in [7, 11) is 0. The van der Waals surface area contributed by atoms with Crippen molar-refractivity contribution in [1.29, 1.82) is 0 Å². The highest BCUT2D eigenvalue weighted by Crippen LogP contribution is 2.37. The monoisotopic (exact) mass is 420 g/mol. The number of halogens is 2. The van der Waals surface area contributed by atoms with Gasteiger partial charge >= 0.3 is 12.0 Å². The fourth-order valence-corrected chi connectivity index (χ4v) is 4.12. The van der Waals surface area contributed by atoms with Gasteiger partial charge in [-0.1, -0.05) is 18.2 Å². The molecule has 0 bridgehead atoms. The van der Waals surface area contributed by atoms with E-state index >= 15 is 0 Å². The number of ether oxygens (including phenoxy) is 2. The molecule has 1 aromatic carbocycles. The zero-order chi connectivity index (χ0) is 21.4. The van der Waals surface area contributed by atoms with E-state index in [9.17, 15) is 13.6 Å². The van der Waals surface area contributed by atoms with Crippen LogP contribution in [0.3, 0.4) is 0 Å². The number of carbonyl (C=O) groups excluding carboxylic acids is 1. The molecule has 1 spiro atoms. The van der Waals surface area contributed by atoms with Gasteiger partial charge in [0.1, 0.15) is 5.60 Å². The first-order valence-corrected chi connectivity index (χ1v) is 10.1. The molecule has 2 aliphatic rings. The first kappa shape index (κ1) is 20.9. The van der Waals surface area contributed by atoms with Crippen LogP contribution in [-0.2, 0) is 20.8 Å². The number of carbonyl (C=O) groups is 1. The maximum Gasteiger partial charge on any atom is 0.437 e. The normalized spacial score (nSPS) is 25.1. The standard InChI is InChI=1S/C21H26F2N4O3/c1-16(2)27-18(8-9-24-27)12-25-10-11-29-15-20(13-25)14-26(17-6-4-3-5-7-17)19(28)21(22,23)30-20/h3-9,16H,10-15H2,1-2H3. The van der Waals surface area contributed by atoms with Crippen molar-refractivity contribution in [1.82, 2.24) is 14.7 Å². The topological polar surface area (TPSA) is 59.8 Å². The van der Waals surface area contributed by atoms with Crippen LogP contribution >= 0.6 is 0 Å². The van der Waals surface area contributed by atoms with Crippen LogP contribution in [0.25, 0.3) is 0 Å². The summed E-state index contributed by atoms with van der Waals surface area (Å²) in [6.07, 6.45) is -2.19. The lowest BCUT2D eigenvalue weighted by Crippen LogP contribution is -2.66. The van der Waals surface area contributed by atoms with E-state index in [-0.39, 0.29) is 25.7 Å². The van der Waals surface area contributed by atoms with Crippen LogP contribution in [0.5, 0.6) is 0 Å². The number of nitrogens with zero attached hydrogens (tertiary/aromatic N) is 4. The number of anilines is 1. The number of hydrogen-bond acceptors (Lipinski definition) is 5. The van der Waals surface area contributed by atoms with E-state index < -0.39 is 17.6 Å². The van der Waals surface area contributed by atoms with Crippen molar-refractivity contribution < 1.29 is 23.0 Å². The van der Waals surface area contributed by atoms with E-state index in [0.29, 0.717) is 25.4 Å². The molecular formula is C21H26F2N4O3. The molecule has 2 saturated heterocycles. The number of benzene rings is 1. The van der Waals surface area contributed by atoms with E-state index in [4.69, 9.17) is 9.47 Å². The number of hydrogen-bond donors (Lipinski definition) is 0. The molecule has 1 unspecified atom stereocenters. The Morgan fingerprint density at radius 2 is 1.93 bits per heavy atom. The summed E-state index contributed by atoms with van der Waals surface area (Å²) in [5.41, 5.74) is 0.0611. The predicted octanol–water partition coefficient (Wildman–Crippen LogP) is 2.69. The number of morpholine rings is 1. The van der Waals surface area contributed by atoms with Crippen molar-refractivity contribution in [2.45, 2.75) is 38.1 Å². The average molecular weight is 420 g/mol. The molecule has 1 amide bonds. The third-order valence-electron chi connectivity index (χ3n) is 5.41. The van der Waals surface area contributed by atoms with Gasteiger partial charge in [0.2, 0.25) is 0 Å². The quantitative estimate of drug-likeness (QED) is 0.761. The van der Waals surface area contributed by atoms with E-state index in [1.54, 1.807) is 36.5 Å². The van der Waals surface area contributed by atoms with Crippen molar-refractivity contribution in [3.8, 4) is 0 Å². The number of amides is 1. The lowest BCUT2D eigenvalue weighted by molar-refractivity contribution is -0.294. The van der Waals surface area contributed by atoms with Gasteiger partial charge in [0, 0.05) is 37.6 Å². The van der Waals surface area contributed by atoms with E-state index in [2.05, 4.69) is 5.10 Å². The minimum absolute atomic E-state index is 0.00855.